The van der Waals surface area contributed by atoms with E-state index in [0.29, 0.717) is 38.3 Å². The quantitative estimate of drug-likeness (QED) is 0.587. The summed E-state index contributed by atoms with van der Waals surface area (Å²) < 4.78 is 65.6. The van der Waals surface area contributed by atoms with Crippen LogP contribution < -0.4 is 10.1 Å². The molecule has 35 heavy (non-hydrogen) atoms. The number of hydrogen-bond donors (Lipinski definition) is 1. The molecule has 0 aliphatic carbocycles. The largest absolute Gasteiger partial charge is 0.495 e. The van der Waals surface area contributed by atoms with Crippen LogP contribution in [-0.4, -0.2) is 77.9 Å². The number of amides is 1. The van der Waals surface area contributed by atoms with Crippen LogP contribution >= 0.6 is 0 Å². The monoisotopic (exact) mass is 523 g/mol. The molecule has 2 aromatic carbocycles. The van der Waals surface area contributed by atoms with Crippen LogP contribution in [-0.2, 0) is 29.6 Å². The lowest BCUT2D eigenvalue weighted by Gasteiger charge is -2.31. The van der Waals surface area contributed by atoms with Crippen LogP contribution in [0.2, 0.25) is 0 Å². The van der Waals surface area contributed by atoms with Gasteiger partial charge in [-0.3, -0.25) is 4.79 Å². The number of nitrogens with one attached hydrogen (secondary N) is 1. The minimum atomic E-state index is -3.86. The van der Waals surface area contributed by atoms with E-state index in [2.05, 4.69) is 5.32 Å². The van der Waals surface area contributed by atoms with Crippen molar-refractivity contribution in [2.45, 2.75) is 22.6 Å². The van der Waals surface area contributed by atoms with Gasteiger partial charge in [0.25, 0.3) is 0 Å². The molecule has 2 aliphatic heterocycles. The highest BCUT2D eigenvalue weighted by atomic mass is 32.2. The fourth-order valence-corrected chi connectivity index (χ4v) is 7.38. The van der Waals surface area contributed by atoms with Crippen LogP contribution in [0.1, 0.15) is 12.8 Å². The Balaban J connectivity index is 1.51. The highest BCUT2D eigenvalue weighted by Crippen LogP contribution is 2.31. The maximum absolute atomic E-state index is 13.2. The van der Waals surface area contributed by atoms with Gasteiger partial charge in [-0.05, 0) is 43.2 Å². The molecule has 2 aromatic rings. The Morgan fingerprint density at radius 1 is 0.971 bits per heavy atom. The number of nitrogens with zero attached hydrogens (tertiary/aromatic N) is 2. The van der Waals surface area contributed by atoms with Gasteiger partial charge in [0.1, 0.15) is 10.6 Å². The van der Waals surface area contributed by atoms with Crippen LogP contribution in [0.4, 0.5) is 5.69 Å². The van der Waals surface area contributed by atoms with Crippen LogP contribution in [0.15, 0.2) is 58.3 Å². The summed E-state index contributed by atoms with van der Waals surface area (Å²) in [6.07, 6.45) is 1.07. The van der Waals surface area contributed by atoms with E-state index < -0.39 is 26.0 Å². The lowest BCUT2D eigenvalue weighted by molar-refractivity contribution is -0.120. The molecule has 1 N–H and O–H groups in total. The number of ether oxygens (including phenoxy) is 2. The van der Waals surface area contributed by atoms with Crippen LogP contribution in [0.5, 0.6) is 5.75 Å². The molecule has 4 rings (SSSR count). The van der Waals surface area contributed by atoms with E-state index >= 15 is 0 Å². The molecule has 2 saturated heterocycles. The number of hydrogen-bond acceptors (Lipinski definition) is 7. The van der Waals surface area contributed by atoms with Crippen molar-refractivity contribution >= 4 is 31.6 Å². The number of morpholine rings is 1. The molecule has 12 heteroatoms. The summed E-state index contributed by atoms with van der Waals surface area (Å²) in [5.74, 6) is -0.756. The maximum atomic E-state index is 13.2. The molecule has 1 amide bonds. The Kier molecular flexibility index (Phi) is 7.77. The Bertz CT molecular complexity index is 1260. The molecule has 1 atom stereocenters. The third-order valence-electron chi connectivity index (χ3n) is 6.15. The summed E-state index contributed by atoms with van der Waals surface area (Å²) >= 11 is 0. The summed E-state index contributed by atoms with van der Waals surface area (Å²) in [6.45, 7) is 1.47. The summed E-state index contributed by atoms with van der Waals surface area (Å²) in [7, 11) is -6.18. The lowest BCUT2D eigenvalue weighted by Crippen LogP contribution is -2.43. The second-order valence-electron chi connectivity index (χ2n) is 8.39. The van der Waals surface area contributed by atoms with Crippen molar-refractivity contribution in [2.75, 3.05) is 51.8 Å². The van der Waals surface area contributed by atoms with Gasteiger partial charge in [0, 0.05) is 31.9 Å². The third kappa shape index (κ3) is 5.51. The summed E-state index contributed by atoms with van der Waals surface area (Å²) in [4.78, 5) is 13.2. The number of benzene rings is 2. The smallest absolute Gasteiger partial charge is 0.246 e. The Morgan fingerprint density at radius 3 is 2.37 bits per heavy atom. The molecule has 10 nitrogen and oxygen atoms in total. The van der Waals surface area contributed by atoms with Crippen LogP contribution in [0.3, 0.4) is 0 Å². The average Bonchev–Trinajstić information content (AvgIpc) is 2.89. The molecule has 0 saturated carbocycles. The van der Waals surface area contributed by atoms with Gasteiger partial charge in [0.2, 0.25) is 26.0 Å². The Morgan fingerprint density at radius 2 is 1.69 bits per heavy atom. The molecule has 0 aromatic heterocycles. The number of carbonyl (C=O) groups excluding carboxylic acids is 1. The molecule has 0 spiro atoms. The zero-order chi connectivity index (χ0) is 25.1. The van der Waals surface area contributed by atoms with E-state index in [9.17, 15) is 21.6 Å². The first-order valence-corrected chi connectivity index (χ1v) is 14.2. The minimum Gasteiger partial charge on any atom is -0.495 e. The van der Waals surface area contributed by atoms with E-state index in [4.69, 9.17) is 9.47 Å². The van der Waals surface area contributed by atoms with E-state index in [1.165, 1.54) is 40.0 Å². The molecule has 1 unspecified atom stereocenters. The number of methoxy groups -OCH3 is 1. The predicted octanol–water partition coefficient (Wildman–Crippen LogP) is 1.76. The number of rotatable bonds is 7. The lowest BCUT2D eigenvalue weighted by atomic mass is 9.98. The normalized spacial score (nSPS) is 20.3. The summed E-state index contributed by atoms with van der Waals surface area (Å²) in [5, 5.41) is 2.77. The van der Waals surface area contributed by atoms with Gasteiger partial charge in [0.15, 0.2) is 0 Å². The average molecular weight is 524 g/mol. The first-order valence-electron chi connectivity index (χ1n) is 11.4. The standard InChI is InChI=1S/C23H29N3O7S2/c1-32-21-10-9-19(16-22(21)35(30,31)25-12-14-33-15-13-25)24-23(27)18-6-5-11-26(17-18)34(28,29)20-7-3-2-4-8-20/h2-4,7-10,16,18H,5-6,11-15,17H2,1H3,(H,24,27). The number of sulfonamides is 2. The Labute approximate surface area is 205 Å². The van der Waals surface area contributed by atoms with E-state index in [1.54, 1.807) is 24.3 Å². The van der Waals surface area contributed by atoms with Gasteiger partial charge in [-0.1, -0.05) is 18.2 Å². The molecular weight excluding hydrogens is 494 g/mol. The highest BCUT2D eigenvalue weighted by molar-refractivity contribution is 7.89. The Hall–Kier alpha value is -2.51. The molecule has 2 heterocycles. The van der Waals surface area contributed by atoms with Crippen molar-refractivity contribution in [1.29, 1.82) is 0 Å². The minimum absolute atomic E-state index is 0.0448. The molecule has 0 radical (unpaired) electrons. The summed E-state index contributed by atoms with van der Waals surface area (Å²) in [5.41, 5.74) is 0.297. The zero-order valence-electron chi connectivity index (χ0n) is 19.4. The van der Waals surface area contributed by atoms with Gasteiger partial charge in [-0.2, -0.15) is 8.61 Å². The fraction of sp³-hybridized carbons (Fsp3) is 0.435. The third-order valence-corrected chi connectivity index (χ3v) is 9.95. The van der Waals surface area contributed by atoms with Gasteiger partial charge in [-0.15, -0.1) is 0 Å². The van der Waals surface area contributed by atoms with Crippen molar-refractivity contribution < 1.29 is 31.1 Å². The highest BCUT2D eigenvalue weighted by Gasteiger charge is 2.34. The van der Waals surface area contributed by atoms with Gasteiger partial charge >= 0.3 is 0 Å². The molecule has 2 fully saturated rings. The number of anilines is 1. The SMILES string of the molecule is COc1ccc(NC(=O)C2CCCN(S(=O)(=O)c3ccccc3)C2)cc1S(=O)(=O)N1CCOCC1. The van der Waals surface area contributed by atoms with Crippen LogP contribution in [0, 0.1) is 5.92 Å². The zero-order valence-corrected chi connectivity index (χ0v) is 21.1. The van der Waals surface area contributed by atoms with Crippen molar-refractivity contribution in [1.82, 2.24) is 8.61 Å². The maximum Gasteiger partial charge on any atom is 0.246 e. The molecule has 190 valence electrons. The number of carbonyl (C=O) groups is 1. The first-order chi connectivity index (χ1) is 16.7. The van der Waals surface area contributed by atoms with Gasteiger partial charge < -0.3 is 14.8 Å². The molecule has 2 aliphatic rings. The fourth-order valence-electron chi connectivity index (χ4n) is 4.24. The predicted molar refractivity (Wildman–Crippen MR) is 129 cm³/mol. The molecular formula is C23H29N3O7S2. The van der Waals surface area contributed by atoms with E-state index in [1.807, 2.05) is 0 Å². The molecule has 0 bridgehead atoms. The van der Waals surface area contributed by atoms with Crippen molar-refractivity contribution in [3.05, 3.63) is 48.5 Å². The van der Waals surface area contributed by atoms with Gasteiger partial charge in [-0.25, -0.2) is 16.8 Å². The summed E-state index contributed by atoms with van der Waals surface area (Å²) in [6, 6.07) is 12.6. The topological polar surface area (TPSA) is 122 Å². The van der Waals surface area contributed by atoms with Crippen molar-refractivity contribution in [3.8, 4) is 5.75 Å². The van der Waals surface area contributed by atoms with Gasteiger partial charge in [0.05, 0.1) is 31.1 Å². The second-order valence-corrected chi connectivity index (χ2v) is 12.2. The number of piperidine rings is 1. The van der Waals surface area contributed by atoms with Crippen molar-refractivity contribution in [2.24, 2.45) is 5.92 Å². The van der Waals surface area contributed by atoms with E-state index in [-0.39, 0.29) is 41.1 Å². The second kappa shape index (κ2) is 10.6. The van der Waals surface area contributed by atoms with Crippen molar-refractivity contribution in [3.63, 3.8) is 0 Å². The first kappa shape index (κ1) is 25.6. The van der Waals surface area contributed by atoms with E-state index in [0.717, 1.165) is 0 Å². The van der Waals surface area contributed by atoms with Crippen LogP contribution in [0.25, 0.3) is 0 Å².